The fourth-order valence-electron chi connectivity index (χ4n) is 4.33. The Balaban J connectivity index is 1.79. The summed E-state index contributed by atoms with van der Waals surface area (Å²) in [5.41, 5.74) is 1.16. The lowest BCUT2D eigenvalue weighted by molar-refractivity contribution is -0.132. The van der Waals surface area contributed by atoms with Crippen LogP contribution in [-0.2, 0) is 14.3 Å². The molecule has 1 amide bonds. The normalized spacial score (nSPS) is 16.1. The van der Waals surface area contributed by atoms with Gasteiger partial charge in [-0.1, -0.05) is 49.5 Å². The average molecular weight is 577 g/mol. The number of anilines is 1. The van der Waals surface area contributed by atoms with Crippen molar-refractivity contribution in [2.24, 2.45) is 0 Å². The fraction of sp³-hybridized carbons (Fsp3) is 0.290. The number of hydrogen-bond acceptors (Lipinski definition) is 9. The van der Waals surface area contributed by atoms with Crippen molar-refractivity contribution in [3.63, 3.8) is 0 Å². The topological polar surface area (TPSA) is 115 Å². The molecule has 4 rings (SSSR count). The van der Waals surface area contributed by atoms with E-state index in [1.165, 1.54) is 11.0 Å². The minimum absolute atomic E-state index is 0.0185. The fourth-order valence-corrected chi connectivity index (χ4v) is 5.32. The maximum Gasteiger partial charge on any atom is 0.350 e. The molecule has 1 aliphatic heterocycles. The Morgan fingerprint density at radius 2 is 1.73 bits per heavy atom. The first-order valence-corrected chi connectivity index (χ1v) is 14.1. The standard InChI is InChI=1S/C31H32N2O7S/c1-5-8-18-39-23-15-11-21(12-16-23)26(34)24-25(20-9-13-22(14-10-20)38-7-3)33(29(36)27(24)35)31-32-19(4)28(41-31)30(37)40-17-6-2/h6,9-16,25,34H,2,5,7-8,17-18H2,1,3-4H3/b26-24+. The number of carbonyl (C=O) groups is 3. The molecule has 9 nitrogen and oxygen atoms in total. The number of aromatic nitrogens is 1. The monoisotopic (exact) mass is 576 g/mol. The first-order valence-electron chi connectivity index (χ1n) is 13.3. The van der Waals surface area contributed by atoms with Gasteiger partial charge in [-0.05, 0) is 62.2 Å². The molecule has 1 unspecified atom stereocenters. The molecular weight excluding hydrogens is 544 g/mol. The molecular formula is C31H32N2O7S. The summed E-state index contributed by atoms with van der Waals surface area (Å²) in [5.74, 6) is -1.43. The van der Waals surface area contributed by atoms with Crippen LogP contribution in [0, 0.1) is 6.92 Å². The molecule has 1 aliphatic rings. The van der Waals surface area contributed by atoms with Gasteiger partial charge in [0.05, 0.1) is 30.5 Å². The SMILES string of the molecule is C=CCOC(=O)c1sc(N2C(=O)C(=O)/C(=C(/O)c3ccc(OCCCC)cc3)C2c2ccc(OCC)cc2)nc1C. The molecule has 0 aliphatic carbocycles. The van der Waals surface area contributed by atoms with E-state index in [0.29, 0.717) is 41.5 Å². The minimum Gasteiger partial charge on any atom is -0.507 e. The summed E-state index contributed by atoms with van der Waals surface area (Å²) in [5, 5.41) is 11.5. The number of Topliss-reactive ketones (excluding diaryl/α,β-unsaturated/α-hetero) is 1. The van der Waals surface area contributed by atoms with Gasteiger partial charge < -0.3 is 19.3 Å². The van der Waals surface area contributed by atoms with E-state index < -0.39 is 23.7 Å². The smallest absolute Gasteiger partial charge is 0.350 e. The Morgan fingerprint density at radius 1 is 1.07 bits per heavy atom. The van der Waals surface area contributed by atoms with Crippen LogP contribution < -0.4 is 14.4 Å². The summed E-state index contributed by atoms with van der Waals surface area (Å²) in [4.78, 5) is 45.4. The van der Waals surface area contributed by atoms with Crippen molar-refractivity contribution in [1.82, 2.24) is 4.98 Å². The lowest BCUT2D eigenvalue weighted by Gasteiger charge is -2.23. The maximum atomic E-state index is 13.5. The number of aryl methyl sites for hydroxylation is 1. The third-order valence-corrected chi connectivity index (χ3v) is 7.49. The number of unbranched alkanes of at least 4 members (excludes halogenated alkanes) is 1. The quantitative estimate of drug-likeness (QED) is 0.0697. The molecule has 2 heterocycles. The van der Waals surface area contributed by atoms with Crippen molar-refractivity contribution in [2.75, 3.05) is 24.7 Å². The highest BCUT2D eigenvalue weighted by Gasteiger charge is 2.48. The first kappa shape index (κ1) is 29.5. The largest absolute Gasteiger partial charge is 0.507 e. The number of amides is 1. The van der Waals surface area contributed by atoms with Crippen LogP contribution in [0.1, 0.15) is 59.2 Å². The molecule has 0 bridgehead atoms. The van der Waals surface area contributed by atoms with E-state index in [1.807, 2.05) is 6.92 Å². The molecule has 41 heavy (non-hydrogen) atoms. The Labute approximate surface area is 242 Å². The number of benzene rings is 2. The molecule has 0 saturated carbocycles. The molecule has 1 N–H and O–H groups in total. The van der Waals surface area contributed by atoms with E-state index >= 15 is 0 Å². The second kappa shape index (κ2) is 13.3. The molecule has 0 spiro atoms. The molecule has 214 valence electrons. The summed E-state index contributed by atoms with van der Waals surface area (Å²) >= 11 is 0.939. The van der Waals surface area contributed by atoms with E-state index in [2.05, 4.69) is 18.5 Å². The van der Waals surface area contributed by atoms with E-state index in [-0.39, 0.29) is 27.9 Å². The highest BCUT2D eigenvalue weighted by molar-refractivity contribution is 7.17. The van der Waals surface area contributed by atoms with Crippen molar-refractivity contribution in [3.05, 3.63) is 88.5 Å². The average Bonchev–Trinajstić information content (AvgIpc) is 3.48. The Bertz CT molecular complexity index is 1460. The van der Waals surface area contributed by atoms with Crippen molar-refractivity contribution in [1.29, 1.82) is 0 Å². The van der Waals surface area contributed by atoms with Crippen LogP contribution >= 0.6 is 11.3 Å². The zero-order valence-corrected chi connectivity index (χ0v) is 24.0. The minimum atomic E-state index is -1.01. The molecule has 1 saturated heterocycles. The van der Waals surface area contributed by atoms with Gasteiger partial charge in [0.2, 0.25) is 0 Å². The number of esters is 1. The molecule has 1 fully saturated rings. The van der Waals surface area contributed by atoms with Crippen LogP contribution in [-0.4, -0.2) is 47.6 Å². The van der Waals surface area contributed by atoms with Gasteiger partial charge in [-0.25, -0.2) is 9.78 Å². The first-order chi connectivity index (χ1) is 19.8. The number of hydrogen-bond donors (Lipinski definition) is 1. The molecule has 1 aromatic heterocycles. The van der Waals surface area contributed by atoms with Crippen LogP contribution in [0.4, 0.5) is 5.13 Å². The van der Waals surface area contributed by atoms with Crippen LogP contribution in [0.15, 0.2) is 66.8 Å². The van der Waals surface area contributed by atoms with Crippen molar-refractivity contribution < 1.29 is 33.7 Å². The zero-order valence-electron chi connectivity index (χ0n) is 23.2. The predicted octanol–water partition coefficient (Wildman–Crippen LogP) is 6.00. The highest BCUT2D eigenvalue weighted by Crippen LogP contribution is 2.44. The Kier molecular flexibility index (Phi) is 9.57. The van der Waals surface area contributed by atoms with Crippen LogP contribution in [0.5, 0.6) is 11.5 Å². The molecule has 2 aromatic carbocycles. The third-order valence-electron chi connectivity index (χ3n) is 6.35. The Hall–Kier alpha value is -4.44. The third kappa shape index (κ3) is 6.33. The van der Waals surface area contributed by atoms with Gasteiger partial charge in [0, 0.05) is 5.56 Å². The van der Waals surface area contributed by atoms with Crippen LogP contribution in [0.3, 0.4) is 0 Å². The number of thiazole rings is 1. The molecule has 1 atom stereocenters. The van der Waals surface area contributed by atoms with Crippen molar-refractivity contribution >= 4 is 39.9 Å². The Morgan fingerprint density at radius 3 is 2.37 bits per heavy atom. The summed E-state index contributed by atoms with van der Waals surface area (Å²) < 4.78 is 16.4. The van der Waals surface area contributed by atoms with E-state index in [0.717, 1.165) is 24.2 Å². The summed E-state index contributed by atoms with van der Waals surface area (Å²) in [6.07, 6.45) is 3.36. The van der Waals surface area contributed by atoms with Gasteiger partial charge in [-0.3, -0.25) is 14.5 Å². The van der Waals surface area contributed by atoms with E-state index in [9.17, 15) is 19.5 Å². The second-order valence-corrected chi connectivity index (χ2v) is 10.2. The van der Waals surface area contributed by atoms with Crippen molar-refractivity contribution in [3.8, 4) is 11.5 Å². The van der Waals surface area contributed by atoms with Crippen LogP contribution in [0.2, 0.25) is 0 Å². The number of ketones is 1. The molecule has 10 heteroatoms. The summed E-state index contributed by atoms with van der Waals surface area (Å²) in [7, 11) is 0. The highest BCUT2D eigenvalue weighted by atomic mass is 32.1. The lowest BCUT2D eigenvalue weighted by atomic mass is 9.95. The number of ether oxygens (including phenoxy) is 3. The summed E-state index contributed by atoms with van der Waals surface area (Å²) in [6, 6.07) is 12.6. The molecule has 3 aromatic rings. The number of aliphatic hydroxyl groups is 1. The maximum absolute atomic E-state index is 13.5. The van der Waals surface area contributed by atoms with Gasteiger partial charge in [-0.2, -0.15) is 0 Å². The summed E-state index contributed by atoms with van der Waals surface area (Å²) in [6.45, 7) is 10.2. The van der Waals surface area contributed by atoms with Gasteiger partial charge >= 0.3 is 11.9 Å². The van der Waals surface area contributed by atoms with Gasteiger partial charge in [0.15, 0.2) is 5.13 Å². The van der Waals surface area contributed by atoms with Gasteiger partial charge in [-0.15, -0.1) is 0 Å². The van der Waals surface area contributed by atoms with Gasteiger partial charge in [0.25, 0.3) is 5.78 Å². The second-order valence-electron chi connectivity index (χ2n) is 9.20. The predicted molar refractivity (Wildman–Crippen MR) is 157 cm³/mol. The number of aliphatic hydroxyl groups excluding tert-OH is 1. The number of carbonyl (C=O) groups excluding carboxylic acids is 3. The van der Waals surface area contributed by atoms with Gasteiger partial charge in [0.1, 0.15) is 28.7 Å². The van der Waals surface area contributed by atoms with E-state index in [1.54, 1.807) is 55.5 Å². The lowest BCUT2D eigenvalue weighted by Crippen LogP contribution is -2.29. The van der Waals surface area contributed by atoms with E-state index in [4.69, 9.17) is 14.2 Å². The number of rotatable bonds is 12. The number of nitrogens with zero attached hydrogens (tertiary/aromatic N) is 2. The zero-order chi connectivity index (χ0) is 29.5. The van der Waals surface area contributed by atoms with Crippen LogP contribution in [0.25, 0.3) is 5.76 Å². The molecule has 0 radical (unpaired) electrons. The van der Waals surface area contributed by atoms with Crippen molar-refractivity contribution in [2.45, 2.75) is 39.7 Å².